The molecule has 6 nitrogen and oxygen atoms in total. The van der Waals surface area contributed by atoms with Crippen LogP contribution in [0.5, 0.6) is 0 Å². The minimum atomic E-state index is 0.0341. The summed E-state index contributed by atoms with van der Waals surface area (Å²) in [5, 5.41) is 14.9. The number of morpholine rings is 1. The van der Waals surface area contributed by atoms with Gasteiger partial charge >= 0.3 is 0 Å². The van der Waals surface area contributed by atoms with Crippen LogP contribution in [0.2, 0.25) is 0 Å². The van der Waals surface area contributed by atoms with Crippen molar-refractivity contribution in [3.8, 4) is 6.07 Å². The fourth-order valence-corrected chi connectivity index (χ4v) is 5.50. The number of rotatable bonds is 7. The Morgan fingerprint density at radius 2 is 2.00 bits per heavy atom. The average molecular weight is 473 g/mol. The Kier molecular flexibility index (Phi) is 6.57. The van der Waals surface area contributed by atoms with E-state index in [0.29, 0.717) is 43.5 Å². The van der Waals surface area contributed by atoms with Gasteiger partial charge in [-0.15, -0.1) is 0 Å². The monoisotopic (exact) mass is 472 g/mol. The van der Waals surface area contributed by atoms with Gasteiger partial charge in [0.25, 0.3) is 5.91 Å². The Morgan fingerprint density at radius 3 is 2.60 bits per heavy atom. The summed E-state index contributed by atoms with van der Waals surface area (Å²) in [6.45, 7) is 9.07. The van der Waals surface area contributed by atoms with Crippen LogP contribution in [0.4, 0.5) is 0 Å². The van der Waals surface area contributed by atoms with Crippen LogP contribution >= 0.6 is 0 Å². The van der Waals surface area contributed by atoms with E-state index in [0.717, 1.165) is 41.4 Å². The van der Waals surface area contributed by atoms with E-state index in [4.69, 9.17) is 4.74 Å². The fourth-order valence-electron chi connectivity index (χ4n) is 5.50. The van der Waals surface area contributed by atoms with Crippen LogP contribution in [0, 0.1) is 11.3 Å². The number of hydrogen-bond acceptors (Lipinski definition) is 4. The van der Waals surface area contributed by atoms with Gasteiger partial charge in [-0.3, -0.25) is 4.79 Å². The molecule has 0 spiro atoms. The fraction of sp³-hybridized carbons (Fsp3) is 0.517. The maximum Gasteiger partial charge on any atom is 0.254 e. The van der Waals surface area contributed by atoms with Gasteiger partial charge in [0.2, 0.25) is 0 Å². The molecule has 2 heterocycles. The van der Waals surface area contributed by atoms with Crippen molar-refractivity contribution in [1.82, 2.24) is 14.8 Å². The third-order valence-electron chi connectivity index (χ3n) is 7.88. The predicted molar refractivity (Wildman–Crippen MR) is 139 cm³/mol. The molecule has 5 rings (SSSR count). The van der Waals surface area contributed by atoms with E-state index < -0.39 is 0 Å². The molecule has 2 aliphatic carbocycles. The van der Waals surface area contributed by atoms with Crippen LogP contribution in [0.1, 0.15) is 80.5 Å². The maximum absolute atomic E-state index is 13.2. The molecule has 1 N–H and O–H groups in total. The second-order valence-electron chi connectivity index (χ2n) is 10.4. The highest BCUT2D eigenvalue weighted by Crippen LogP contribution is 2.39. The van der Waals surface area contributed by atoms with Gasteiger partial charge in [-0.1, -0.05) is 38.1 Å². The average Bonchev–Trinajstić information content (AvgIpc) is 3.53. The zero-order valence-corrected chi connectivity index (χ0v) is 21.1. The van der Waals surface area contributed by atoms with Crippen molar-refractivity contribution in [1.29, 1.82) is 5.26 Å². The molecule has 1 aromatic heterocycles. The molecular formula is C29H36N4O2. The third kappa shape index (κ3) is 4.55. The number of hydrogen-bond donors (Lipinski definition) is 1. The lowest BCUT2D eigenvalue weighted by Gasteiger charge is -2.27. The summed E-state index contributed by atoms with van der Waals surface area (Å²) in [6, 6.07) is 8.94. The number of benzene rings is 1. The Labute approximate surface area is 208 Å². The Balaban J connectivity index is 1.57. The Hall–Kier alpha value is -2.88. The van der Waals surface area contributed by atoms with Gasteiger partial charge in [0.05, 0.1) is 30.0 Å². The molecule has 0 radical (unpaired) electrons. The molecule has 6 heteroatoms. The lowest BCUT2D eigenvalue weighted by atomic mass is 9.97. The number of amides is 1. The van der Waals surface area contributed by atoms with Crippen LogP contribution in [0.15, 0.2) is 36.4 Å². The molecule has 1 aliphatic heterocycles. The van der Waals surface area contributed by atoms with Crippen LogP contribution in [0.3, 0.4) is 0 Å². The summed E-state index contributed by atoms with van der Waals surface area (Å²) in [5.74, 6) is 0.0341. The molecule has 1 saturated carbocycles. The number of aromatic nitrogens is 1. The van der Waals surface area contributed by atoms with Crippen molar-refractivity contribution in [3.05, 3.63) is 53.2 Å². The molecule has 2 fully saturated rings. The molecule has 1 saturated heterocycles. The molecule has 184 valence electrons. The van der Waals surface area contributed by atoms with Crippen LogP contribution in [0.25, 0.3) is 16.5 Å². The van der Waals surface area contributed by atoms with Crippen molar-refractivity contribution < 1.29 is 9.53 Å². The third-order valence-corrected chi connectivity index (χ3v) is 7.88. The lowest BCUT2D eigenvalue weighted by Crippen LogP contribution is -2.40. The summed E-state index contributed by atoms with van der Waals surface area (Å²) >= 11 is 0. The molecule has 2 aromatic rings. The van der Waals surface area contributed by atoms with E-state index >= 15 is 0 Å². The van der Waals surface area contributed by atoms with Gasteiger partial charge in [0, 0.05) is 41.7 Å². The summed E-state index contributed by atoms with van der Waals surface area (Å²) in [5.41, 5.74) is 4.73. The summed E-state index contributed by atoms with van der Waals surface area (Å²) in [7, 11) is 0. The van der Waals surface area contributed by atoms with Gasteiger partial charge in [-0.25, -0.2) is 0 Å². The maximum atomic E-state index is 13.2. The van der Waals surface area contributed by atoms with Gasteiger partial charge in [-0.05, 0) is 56.7 Å². The van der Waals surface area contributed by atoms with E-state index in [1.54, 1.807) is 0 Å². The van der Waals surface area contributed by atoms with E-state index in [1.165, 1.54) is 12.8 Å². The second kappa shape index (κ2) is 9.64. The van der Waals surface area contributed by atoms with Gasteiger partial charge in [0.15, 0.2) is 0 Å². The summed E-state index contributed by atoms with van der Waals surface area (Å²) < 4.78 is 7.75. The number of nitrogens with one attached hydrogen (secondary N) is 1. The second-order valence-corrected chi connectivity index (χ2v) is 10.4. The van der Waals surface area contributed by atoms with Gasteiger partial charge < -0.3 is 19.5 Å². The highest BCUT2D eigenvalue weighted by atomic mass is 16.5. The Morgan fingerprint density at radius 1 is 1.26 bits per heavy atom. The van der Waals surface area contributed by atoms with Crippen molar-refractivity contribution >= 4 is 22.4 Å². The molecule has 1 aromatic carbocycles. The number of ether oxygens (including phenoxy) is 1. The van der Waals surface area contributed by atoms with E-state index in [2.05, 4.69) is 55.0 Å². The normalized spacial score (nSPS) is 21.3. The number of carbonyl (C=O) groups excluding carboxylic acids is 1. The first kappa shape index (κ1) is 23.8. The number of nitriles is 1. The first-order valence-corrected chi connectivity index (χ1v) is 13.1. The van der Waals surface area contributed by atoms with Crippen LogP contribution in [-0.2, 0) is 4.74 Å². The quantitative estimate of drug-likeness (QED) is 0.601. The van der Waals surface area contributed by atoms with E-state index in [9.17, 15) is 10.1 Å². The van der Waals surface area contributed by atoms with Crippen LogP contribution in [-0.4, -0.2) is 53.3 Å². The van der Waals surface area contributed by atoms with Crippen molar-refractivity contribution in [3.63, 3.8) is 0 Å². The zero-order chi connectivity index (χ0) is 24.6. The first-order chi connectivity index (χ1) is 17.0. The smallest absolute Gasteiger partial charge is 0.254 e. The standard InChI is InChI=1S/C29H36N4O2/c1-4-23(5-2)33-26-18-21(28(34)32-14-16-35-17-15-32)8-11-24(26)25(19-30)27(33)20-6-9-22(10-7-20)31-29(3)12-13-29/h6-9,11,18,22-23,31H,4-5,10,12-17H2,1-3H3. The Bertz CT molecular complexity index is 1220. The van der Waals surface area contributed by atoms with Gasteiger partial charge in [-0.2, -0.15) is 5.26 Å². The minimum Gasteiger partial charge on any atom is -0.378 e. The molecular weight excluding hydrogens is 436 g/mol. The van der Waals surface area contributed by atoms with Crippen molar-refractivity contribution in [2.24, 2.45) is 0 Å². The molecule has 0 bridgehead atoms. The lowest BCUT2D eigenvalue weighted by molar-refractivity contribution is 0.0303. The zero-order valence-electron chi connectivity index (χ0n) is 21.1. The molecule has 1 unspecified atom stereocenters. The van der Waals surface area contributed by atoms with E-state index in [-0.39, 0.29) is 17.5 Å². The van der Waals surface area contributed by atoms with Crippen LogP contribution < -0.4 is 5.32 Å². The predicted octanol–water partition coefficient (Wildman–Crippen LogP) is 5.20. The topological polar surface area (TPSA) is 70.3 Å². The van der Waals surface area contributed by atoms with Gasteiger partial charge in [0.1, 0.15) is 6.07 Å². The number of fused-ring (bicyclic) bond motifs is 1. The molecule has 3 aliphatic rings. The summed E-state index contributed by atoms with van der Waals surface area (Å²) in [6.07, 6.45) is 12.0. The largest absolute Gasteiger partial charge is 0.378 e. The SMILES string of the molecule is CCC(CC)n1c(C2=CCC(NC3(C)CC3)C=C2)c(C#N)c2ccc(C(=O)N3CCOCC3)cc21. The summed E-state index contributed by atoms with van der Waals surface area (Å²) in [4.78, 5) is 15.1. The minimum absolute atomic E-state index is 0.0341. The highest BCUT2D eigenvalue weighted by molar-refractivity contribution is 6.01. The molecule has 35 heavy (non-hydrogen) atoms. The van der Waals surface area contributed by atoms with E-state index in [1.807, 2.05) is 23.1 Å². The number of allylic oxidation sites excluding steroid dienone is 2. The number of carbonyl (C=O) groups is 1. The van der Waals surface area contributed by atoms with Crippen molar-refractivity contribution in [2.45, 2.75) is 70.5 Å². The number of nitrogens with zero attached hydrogens (tertiary/aromatic N) is 3. The van der Waals surface area contributed by atoms with Crippen molar-refractivity contribution in [2.75, 3.05) is 26.3 Å². The first-order valence-electron chi connectivity index (χ1n) is 13.1. The molecule has 1 atom stereocenters. The highest BCUT2D eigenvalue weighted by Gasteiger charge is 2.38. The molecule has 1 amide bonds.